The average Bonchev–Trinajstić information content (AvgIpc) is 2.92. The predicted octanol–water partition coefficient (Wildman–Crippen LogP) is -0.275. The zero-order valence-electron chi connectivity index (χ0n) is 13.8. The second kappa shape index (κ2) is 6.47. The van der Waals surface area contributed by atoms with Gasteiger partial charge in [0.2, 0.25) is 5.91 Å². The quantitative estimate of drug-likeness (QED) is 0.750. The Morgan fingerprint density at radius 2 is 2.04 bits per heavy atom. The Morgan fingerprint density at radius 1 is 1.32 bits per heavy atom. The number of fused-ring (bicyclic) bond motifs is 1. The minimum Gasteiger partial charge on any atom is -0.337 e. The summed E-state index contributed by atoms with van der Waals surface area (Å²) in [6.45, 7) is 1.81. The molecule has 0 spiro atoms. The Labute approximate surface area is 144 Å². The monoisotopic (exact) mass is 365 g/mol. The van der Waals surface area contributed by atoms with Crippen molar-refractivity contribution in [1.29, 1.82) is 0 Å². The molecule has 0 radical (unpaired) electrons. The largest absolute Gasteiger partial charge is 0.337 e. The number of carbonyl (C=O) groups excluding carboxylic acids is 1. The van der Waals surface area contributed by atoms with Gasteiger partial charge in [0.15, 0.2) is 9.84 Å². The Bertz CT molecular complexity index is 1040. The number of H-pyrrole nitrogens is 1. The number of aromatic amines is 1. The summed E-state index contributed by atoms with van der Waals surface area (Å²) in [5.41, 5.74) is -0.679. The smallest absolute Gasteiger partial charge is 0.317 e. The molecule has 1 aliphatic rings. The van der Waals surface area contributed by atoms with Gasteiger partial charge < -0.3 is 9.88 Å². The third-order valence-corrected chi connectivity index (χ3v) is 6.24. The lowest BCUT2D eigenvalue weighted by Crippen LogP contribution is -2.45. The molecule has 0 bridgehead atoms. The van der Waals surface area contributed by atoms with Crippen molar-refractivity contribution >= 4 is 26.8 Å². The maximum atomic E-state index is 12.7. The second-order valence-electron chi connectivity index (χ2n) is 6.10. The summed E-state index contributed by atoms with van der Waals surface area (Å²) in [6.07, 6.45) is 0.396. The SMILES string of the molecule is CCN(C(=O)Cn1c(=O)c(=O)[nH]c2ccccc21)C1CCS(=O)(=O)C1. The van der Waals surface area contributed by atoms with E-state index < -0.39 is 21.0 Å². The van der Waals surface area contributed by atoms with Gasteiger partial charge in [-0.15, -0.1) is 0 Å². The van der Waals surface area contributed by atoms with Crippen LogP contribution < -0.4 is 11.1 Å². The van der Waals surface area contributed by atoms with E-state index in [2.05, 4.69) is 4.98 Å². The van der Waals surface area contributed by atoms with Crippen LogP contribution in [0.2, 0.25) is 0 Å². The predicted molar refractivity (Wildman–Crippen MR) is 93.3 cm³/mol. The van der Waals surface area contributed by atoms with Crippen LogP contribution in [-0.4, -0.2) is 52.9 Å². The molecule has 1 aliphatic heterocycles. The molecule has 1 fully saturated rings. The maximum absolute atomic E-state index is 12.7. The van der Waals surface area contributed by atoms with Crippen molar-refractivity contribution in [1.82, 2.24) is 14.5 Å². The molecule has 2 aromatic rings. The lowest BCUT2D eigenvalue weighted by Gasteiger charge is -2.27. The maximum Gasteiger partial charge on any atom is 0.317 e. The van der Waals surface area contributed by atoms with E-state index >= 15 is 0 Å². The molecule has 1 aromatic carbocycles. The summed E-state index contributed by atoms with van der Waals surface area (Å²) >= 11 is 0. The van der Waals surface area contributed by atoms with E-state index in [9.17, 15) is 22.8 Å². The molecule has 2 heterocycles. The Hall–Kier alpha value is -2.42. The van der Waals surface area contributed by atoms with Crippen molar-refractivity contribution in [3.63, 3.8) is 0 Å². The Balaban J connectivity index is 1.95. The number of para-hydroxylation sites is 2. The highest BCUT2D eigenvalue weighted by Gasteiger charge is 2.34. The molecule has 25 heavy (non-hydrogen) atoms. The van der Waals surface area contributed by atoms with Gasteiger partial charge in [-0.1, -0.05) is 12.1 Å². The van der Waals surface area contributed by atoms with Crippen molar-refractivity contribution in [2.45, 2.75) is 25.9 Å². The zero-order valence-corrected chi connectivity index (χ0v) is 14.6. The number of nitrogens with zero attached hydrogens (tertiary/aromatic N) is 2. The molecule has 8 nitrogen and oxygen atoms in total. The molecule has 3 rings (SSSR count). The highest BCUT2D eigenvalue weighted by molar-refractivity contribution is 7.91. The van der Waals surface area contributed by atoms with Gasteiger partial charge in [0.05, 0.1) is 22.5 Å². The number of hydrogen-bond donors (Lipinski definition) is 1. The summed E-state index contributed by atoms with van der Waals surface area (Å²) < 4.78 is 24.5. The van der Waals surface area contributed by atoms with Crippen molar-refractivity contribution < 1.29 is 13.2 Å². The first-order chi connectivity index (χ1) is 11.8. The van der Waals surface area contributed by atoms with E-state index in [1.807, 2.05) is 0 Å². The van der Waals surface area contributed by atoms with Crippen molar-refractivity contribution in [2.24, 2.45) is 0 Å². The summed E-state index contributed by atoms with van der Waals surface area (Å²) in [6, 6.07) is 6.35. The Kier molecular flexibility index (Phi) is 4.51. The van der Waals surface area contributed by atoms with E-state index in [-0.39, 0.29) is 30.0 Å². The van der Waals surface area contributed by atoms with Crippen LogP contribution in [0, 0.1) is 0 Å². The van der Waals surface area contributed by atoms with Crippen LogP contribution in [0.25, 0.3) is 11.0 Å². The summed E-state index contributed by atoms with van der Waals surface area (Å²) in [5, 5.41) is 0. The molecule has 1 unspecified atom stereocenters. The fourth-order valence-electron chi connectivity index (χ4n) is 3.26. The lowest BCUT2D eigenvalue weighted by molar-refractivity contribution is -0.133. The second-order valence-corrected chi connectivity index (χ2v) is 8.33. The molecule has 0 aliphatic carbocycles. The van der Waals surface area contributed by atoms with Gasteiger partial charge in [-0.25, -0.2) is 8.42 Å². The molecule has 9 heteroatoms. The van der Waals surface area contributed by atoms with Gasteiger partial charge in [-0.2, -0.15) is 0 Å². The number of aromatic nitrogens is 2. The first kappa shape index (κ1) is 17.4. The number of nitrogens with one attached hydrogen (secondary N) is 1. The topological polar surface area (TPSA) is 109 Å². The third-order valence-electron chi connectivity index (χ3n) is 4.49. The molecule has 1 saturated heterocycles. The van der Waals surface area contributed by atoms with Gasteiger partial charge in [-0.05, 0) is 25.5 Å². The molecule has 134 valence electrons. The highest BCUT2D eigenvalue weighted by atomic mass is 32.2. The van der Waals surface area contributed by atoms with E-state index in [0.717, 1.165) is 4.57 Å². The Morgan fingerprint density at radius 3 is 2.68 bits per heavy atom. The summed E-state index contributed by atoms with van der Waals surface area (Å²) in [7, 11) is -3.12. The summed E-state index contributed by atoms with van der Waals surface area (Å²) in [5.74, 6) is -0.366. The lowest BCUT2D eigenvalue weighted by atomic mass is 10.2. The van der Waals surface area contributed by atoms with Gasteiger partial charge in [0, 0.05) is 12.6 Å². The van der Waals surface area contributed by atoms with E-state index in [1.54, 1.807) is 31.2 Å². The normalized spacial score (nSPS) is 19.2. The number of carbonyl (C=O) groups is 1. The number of rotatable bonds is 4. The van der Waals surface area contributed by atoms with Gasteiger partial charge in [-0.3, -0.25) is 19.0 Å². The van der Waals surface area contributed by atoms with Crippen molar-refractivity contribution in [3.8, 4) is 0 Å². The number of amides is 1. The minimum absolute atomic E-state index is 0.0579. The average molecular weight is 365 g/mol. The fraction of sp³-hybridized carbons (Fsp3) is 0.438. The number of likely N-dealkylation sites (N-methyl/N-ethyl adjacent to an activating group) is 1. The molecule has 0 saturated carbocycles. The molecule has 1 aromatic heterocycles. The van der Waals surface area contributed by atoms with Crippen LogP contribution in [0.4, 0.5) is 0 Å². The fourth-order valence-corrected chi connectivity index (χ4v) is 5.00. The van der Waals surface area contributed by atoms with Gasteiger partial charge in [0.25, 0.3) is 0 Å². The summed E-state index contributed by atoms with van der Waals surface area (Å²) in [4.78, 5) is 40.7. The molecule has 1 amide bonds. The van der Waals surface area contributed by atoms with Crippen LogP contribution in [0.5, 0.6) is 0 Å². The van der Waals surface area contributed by atoms with E-state index in [1.165, 1.54) is 4.90 Å². The number of sulfone groups is 1. The zero-order chi connectivity index (χ0) is 18.2. The number of benzene rings is 1. The first-order valence-corrected chi connectivity index (χ1v) is 9.86. The van der Waals surface area contributed by atoms with E-state index in [4.69, 9.17) is 0 Å². The highest BCUT2D eigenvalue weighted by Crippen LogP contribution is 2.18. The van der Waals surface area contributed by atoms with Gasteiger partial charge in [0.1, 0.15) is 6.54 Å². The van der Waals surface area contributed by atoms with Crippen LogP contribution in [0.1, 0.15) is 13.3 Å². The first-order valence-electron chi connectivity index (χ1n) is 8.04. The molecule has 1 atom stereocenters. The van der Waals surface area contributed by atoms with Crippen LogP contribution in [-0.2, 0) is 21.2 Å². The van der Waals surface area contributed by atoms with Gasteiger partial charge >= 0.3 is 11.1 Å². The molecule has 1 N–H and O–H groups in total. The van der Waals surface area contributed by atoms with Crippen LogP contribution >= 0.6 is 0 Å². The molecular weight excluding hydrogens is 346 g/mol. The van der Waals surface area contributed by atoms with E-state index in [0.29, 0.717) is 24.0 Å². The minimum atomic E-state index is -3.12. The van der Waals surface area contributed by atoms with Crippen molar-refractivity contribution in [2.75, 3.05) is 18.1 Å². The molecular formula is C16H19N3O5S. The van der Waals surface area contributed by atoms with Crippen LogP contribution in [0.15, 0.2) is 33.9 Å². The third kappa shape index (κ3) is 3.37. The standard InChI is InChI=1S/C16H19N3O5S/c1-2-18(11-7-8-25(23,24)10-11)14(20)9-19-13-6-4-3-5-12(13)17-15(21)16(19)22/h3-6,11H,2,7-10H2,1H3,(H,17,21). The van der Waals surface area contributed by atoms with Crippen molar-refractivity contribution in [3.05, 3.63) is 45.0 Å². The van der Waals surface area contributed by atoms with Crippen LogP contribution in [0.3, 0.4) is 0 Å². The number of hydrogen-bond acceptors (Lipinski definition) is 5.